The Hall–Kier alpha value is -2.45. The summed E-state index contributed by atoms with van der Waals surface area (Å²) in [4.78, 5) is 18.2. The Morgan fingerprint density at radius 2 is 2.11 bits per heavy atom. The number of aromatic nitrogens is 4. The highest BCUT2D eigenvalue weighted by atomic mass is 32.2. The lowest BCUT2D eigenvalue weighted by Crippen LogP contribution is -2.27. The zero-order chi connectivity index (χ0) is 20.1. The molecule has 0 fully saturated rings. The first-order chi connectivity index (χ1) is 13.5. The molecule has 0 atom stereocenters. The van der Waals surface area contributed by atoms with E-state index in [-0.39, 0.29) is 5.91 Å². The third-order valence-electron chi connectivity index (χ3n) is 4.50. The van der Waals surface area contributed by atoms with Crippen molar-refractivity contribution in [3.63, 3.8) is 0 Å². The van der Waals surface area contributed by atoms with E-state index in [0.29, 0.717) is 28.3 Å². The van der Waals surface area contributed by atoms with Crippen molar-refractivity contribution in [2.24, 2.45) is 0 Å². The highest BCUT2D eigenvalue weighted by Crippen LogP contribution is 2.29. The van der Waals surface area contributed by atoms with Gasteiger partial charge in [-0.05, 0) is 68.4 Å². The number of nitrogens with one attached hydrogen (secondary N) is 2. The molecule has 0 aliphatic carbocycles. The van der Waals surface area contributed by atoms with Crippen LogP contribution in [0.15, 0.2) is 46.5 Å². The quantitative estimate of drug-likeness (QED) is 0.571. The van der Waals surface area contributed by atoms with Gasteiger partial charge < -0.3 is 9.88 Å². The van der Waals surface area contributed by atoms with Gasteiger partial charge in [0, 0.05) is 30.6 Å². The highest BCUT2D eigenvalue weighted by molar-refractivity contribution is 7.99. The first-order valence-electron chi connectivity index (χ1n) is 9.12. The van der Waals surface area contributed by atoms with E-state index >= 15 is 0 Å². The maximum atomic E-state index is 12.7. The van der Waals surface area contributed by atoms with Crippen LogP contribution in [0.5, 0.6) is 0 Å². The minimum atomic E-state index is -0.142. The lowest BCUT2D eigenvalue weighted by atomic mass is 10.1. The molecule has 6 nitrogen and oxygen atoms in total. The van der Waals surface area contributed by atoms with Gasteiger partial charge in [0.1, 0.15) is 10.9 Å². The smallest absolute Gasteiger partial charge is 0.254 e. The van der Waals surface area contributed by atoms with Crippen molar-refractivity contribution in [1.29, 1.82) is 0 Å². The van der Waals surface area contributed by atoms with Crippen LogP contribution in [0, 0.1) is 18.6 Å². The largest absolute Gasteiger partial charge is 0.352 e. The number of H-pyrrole nitrogens is 1. The molecule has 2 N–H and O–H groups in total. The van der Waals surface area contributed by atoms with Crippen LogP contribution in [0.4, 0.5) is 0 Å². The van der Waals surface area contributed by atoms with Gasteiger partial charge in [0.25, 0.3) is 5.91 Å². The lowest BCUT2D eigenvalue weighted by molar-refractivity contribution is 0.0950. The molecule has 8 heteroatoms. The third-order valence-corrected chi connectivity index (χ3v) is 5.82. The molecule has 28 heavy (non-hydrogen) atoms. The Morgan fingerprint density at radius 3 is 2.86 bits per heavy atom. The summed E-state index contributed by atoms with van der Waals surface area (Å²) in [6.45, 7) is 7.40. The van der Waals surface area contributed by atoms with Crippen LogP contribution >= 0.6 is 24.0 Å². The number of carbonyl (C=O) groups excluding carboxylic acids is 1. The van der Waals surface area contributed by atoms with Crippen molar-refractivity contribution >= 4 is 29.9 Å². The monoisotopic (exact) mass is 413 g/mol. The topological polar surface area (TPSA) is 75.6 Å². The van der Waals surface area contributed by atoms with E-state index in [9.17, 15) is 4.79 Å². The van der Waals surface area contributed by atoms with Crippen molar-refractivity contribution in [1.82, 2.24) is 25.1 Å². The molecule has 0 spiro atoms. The van der Waals surface area contributed by atoms with Gasteiger partial charge in [0.15, 0.2) is 4.77 Å². The average Bonchev–Trinajstić information content (AvgIpc) is 3.04. The summed E-state index contributed by atoms with van der Waals surface area (Å²) >= 11 is 6.69. The van der Waals surface area contributed by atoms with Gasteiger partial charge in [-0.3, -0.25) is 9.89 Å². The van der Waals surface area contributed by atoms with Crippen molar-refractivity contribution in [2.45, 2.75) is 43.7 Å². The van der Waals surface area contributed by atoms with Crippen LogP contribution in [0.3, 0.4) is 0 Å². The fraction of sp³-hybridized carbons (Fsp3) is 0.300. The Balaban J connectivity index is 1.68. The summed E-state index contributed by atoms with van der Waals surface area (Å²) in [5.74, 6) is 0.695. The number of aromatic amines is 1. The summed E-state index contributed by atoms with van der Waals surface area (Å²) in [5.41, 5.74) is 3.03. The molecular weight excluding hydrogens is 390 g/mol. The minimum Gasteiger partial charge on any atom is -0.352 e. The number of carbonyl (C=O) groups is 1. The van der Waals surface area contributed by atoms with Gasteiger partial charge in [0.2, 0.25) is 0 Å². The van der Waals surface area contributed by atoms with E-state index < -0.39 is 0 Å². The molecule has 3 aromatic rings. The van der Waals surface area contributed by atoms with E-state index in [0.717, 1.165) is 17.3 Å². The molecule has 0 saturated carbocycles. The third kappa shape index (κ3) is 4.69. The molecule has 1 amide bonds. The Labute approximate surface area is 173 Å². The SMILES string of the molecule is CCn1c(CCNC(=O)c2cccnc2Sc2ccc(C)c(C)c2)n[nH]c1=S. The summed E-state index contributed by atoms with van der Waals surface area (Å²) in [7, 11) is 0. The van der Waals surface area contributed by atoms with Gasteiger partial charge >= 0.3 is 0 Å². The number of benzene rings is 1. The summed E-state index contributed by atoms with van der Waals surface area (Å²) < 4.78 is 2.52. The van der Waals surface area contributed by atoms with Crippen molar-refractivity contribution in [3.05, 3.63) is 63.8 Å². The minimum absolute atomic E-state index is 0.142. The summed E-state index contributed by atoms with van der Waals surface area (Å²) in [6.07, 6.45) is 2.31. The van der Waals surface area contributed by atoms with Gasteiger partial charge in [0.05, 0.1) is 5.56 Å². The Kier molecular flexibility index (Phi) is 6.64. The van der Waals surface area contributed by atoms with Crippen LogP contribution in [0.1, 0.15) is 34.2 Å². The standard InChI is InChI=1S/C20H23N5OS2/c1-4-25-17(23-24-20(25)27)9-11-21-18(26)16-6-5-10-22-19(16)28-15-8-7-13(2)14(3)12-15/h5-8,10,12H,4,9,11H2,1-3H3,(H,21,26)(H,24,27). The Morgan fingerprint density at radius 1 is 1.29 bits per heavy atom. The second-order valence-electron chi connectivity index (χ2n) is 6.40. The van der Waals surface area contributed by atoms with Crippen molar-refractivity contribution < 1.29 is 4.79 Å². The molecular formula is C20H23N5OS2. The van der Waals surface area contributed by atoms with E-state index in [2.05, 4.69) is 52.5 Å². The van der Waals surface area contributed by atoms with Crippen molar-refractivity contribution in [3.8, 4) is 0 Å². The molecule has 0 aliphatic heterocycles. The molecule has 2 aromatic heterocycles. The van der Waals surface area contributed by atoms with E-state index in [1.165, 1.54) is 22.9 Å². The zero-order valence-corrected chi connectivity index (χ0v) is 17.8. The molecule has 0 aliphatic rings. The normalized spacial score (nSPS) is 10.8. The predicted molar refractivity (Wildman–Crippen MR) is 113 cm³/mol. The van der Waals surface area contributed by atoms with Crippen molar-refractivity contribution in [2.75, 3.05) is 6.54 Å². The molecule has 0 unspecified atom stereocenters. The first kappa shape index (κ1) is 20.3. The van der Waals surface area contributed by atoms with Crippen LogP contribution in [0.25, 0.3) is 0 Å². The number of aryl methyl sites for hydroxylation is 2. The fourth-order valence-electron chi connectivity index (χ4n) is 2.78. The van der Waals surface area contributed by atoms with E-state index in [1.54, 1.807) is 18.3 Å². The summed E-state index contributed by atoms with van der Waals surface area (Å²) in [5, 5.41) is 10.7. The van der Waals surface area contributed by atoms with Crippen LogP contribution in [-0.2, 0) is 13.0 Å². The molecule has 0 radical (unpaired) electrons. The summed E-state index contributed by atoms with van der Waals surface area (Å²) in [6, 6.07) is 9.83. The second-order valence-corrected chi connectivity index (χ2v) is 7.85. The van der Waals surface area contributed by atoms with Gasteiger partial charge in [-0.1, -0.05) is 17.8 Å². The maximum absolute atomic E-state index is 12.7. The molecule has 0 bridgehead atoms. The molecule has 2 heterocycles. The predicted octanol–water partition coefficient (Wildman–Crippen LogP) is 4.10. The van der Waals surface area contributed by atoms with Gasteiger partial charge in [-0.25, -0.2) is 4.98 Å². The number of nitrogens with zero attached hydrogens (tertiary/aromatic N) is 3. The molecule has 1 aromatic carbocycles. The molecule has 146 valence electrons. The zero-order valence-electron chi connectivity index (χ0n) is 16.2. The number of pyridine rings is 1. The number of amides is 1. The lowest BCUT2D eigenvalue weighted by Gasteiger charge is -2.10. The fourth-order valence-corrected chi connectivity index (χ4v) is 4.04. The number of hydrogen-bond acceptors (Lipinski definition) is 5. The highest BCUT2D eigenvalue weighted by Gasteiger charge is 2.14. The maximum Gasteiger partial charge on any atom is 0.254 e. The average molecular weight is 414 g/mol. The second kappa shape index (κ2) is 9.16. The van der Waals surface area contributed by atoms with Crippen LogP contribution in [-0.4, -0.2) is 32.2 Å². The van der Waals surface area contributed by atoms with Gasteiger partial charge in [-0.2, -0.15) is 5.10 Å². The number of rotatable bonds is 7. The van der Waals surface area contributed by atoms with Gasteiger partial charge in [-0.15, -0.1) is 0 Å². The van der Waals surface area contributed by atoms with Crippen LogP contribution < -0.4 is 5.32 Å². The van der Waals surface area contributed by atoms with Crippen LogP contribution in [0.2, 0.25) is 0 Å². The Bertz CT molecular complexity index is 1040. The first-order valence-corrected chi connectivity index (χ1v) is 10.3. The van der Waals surface area contributed by atoms with E-state index in [4.69, 9.17) is 12.2 Å². The number of hydrogen-bond donors (Lipinski definition) is 2. The van der Waals surface area contributed by atoms with E-state index in [1.807, 2.05) is 11.5 Å². The molecule has 3 rings (SSSR count). The molecule has 0 saturated heterocycles.